The molecule has 0 bridgehead atoms. The van der Waals surface area contributed by atoms with E-state index in [4.69, 9.17) is 10.5 Å². The van der Waals surface area contributed by atoms with Gasteiger partial charge in [0.1, 0.15) is 11.4 Å². The van der Waals surface area contributed by atoms with Gasteiger partial charge < -0.3 is 10.5 Å². The van der Waals surface area contributed by atoms with E-state index < -0.39 is 0 Å². The Morgan fingerprint density at radius 2 is 2.16 bits per heavy atom. The third-order valence-electron chi connectivity index (χ3n) is 5.20. The molecule has 0 aromatic heterocycles. The molecule has 3 unspecified atom stereocenters. The molecule has 1 aromatic rings. The highest BCUT2D eigenvalue weighted by Gasteiger charge is 2.47. The zero-order valence-corrected chi connectivity index (χ0v) is 13.2. The van der Waals surface area contributed by atoms with Crippen molar-refractivity contribution in [1.29, 1.82) is 0 Å². The van der Waals surface area contributed by atoms with Crippen LogP contribution in [0.5, 0.6) is 5.75 Å². The molecule has 1 aromatic carbocycles. The number of rotatable bonds is 0. The standard InChI is InChI=1S/C16H22BrNO/c1-10-4-3-7-16(11(10)2)9-14(18)13-6-5-12(17)8-15(13)19-16/h5-6,8,10-11,14H,3-4,7,9,18H2,1-2H3/t10?,11?,14-,16?/m1/s1. The summed E-state index contributed by atoms with van der Waals surface area (Å²) in [7, 11) is 0. The normalized spacial score (nSPS) is 37.8. The first-order chi connectivity index (χ1) is 9.02. The summed E-state index contributed by atoms with van der Waals surface area (Å²) in [6, 6.07) is 6.31. The smallest absolute Gasteiger partial charge is 0.126 e. The van der Waals surface area contributed by atoms with Crippen molar-refractivity contribution in [3.63, 3.8) is 0 Å². The lowest BCUT2D eigenvalue weighted by molar-refractivity contribution is -0.0614. The monoisotopic (exact) mass is 323 g/mol. The van der Waals surface area contributed by atoms with Crippen LogP contribution >= 0.6 is 15.9 Å². The SMILES string of the molecule is CC1CCCC2(C[C@@H](N)c3ccc(Br)cc3O2)C1C. The fraction of sp³-hybridized carbons (Fsp3) is 0.625. The molecule has 4 atom stereocenters. The van der Waals surface area contributed by atoms with Crippen molar-refractivity contribution in [1.82, 2.24) is 0 Å². The molecule has 1 heterocycles. The quantitative estimate of drug-likeness (QED) is 0.766. The molecule has 2 N–H and O–H groups in total. The number of halogens is 1. The average Bonchev–Trinajstić information content (AvgIpc) is 2.35. The van der Waals surface area contributed by atoms with E-state index >= 15 is 0 Å². The minimum absolute atomic E-state index is 0.0507. The van der Waals surface area contributed by atoms with Crippen LogP contribution < -0.4 is 10.5 Å². The third-order valence-corrected chi connectivity index (χ3v) is 5.69. The van der Waals surface area contributed by atoms with Gasteiger partial charge >= 0.3 is 0 Å². The van der Waals surface area contributed by atoms with E-state index in [1.807, 2.05) is 6.07 Å². The largest absolute Gasteiger partial charge is 0.487 e. The minimum atomic E-state index is -0.0507. The van der Waals surface area contributed by atoms with Gasteiger partial charge in [0, 0.05) is 22.5 Å². The molecule has 0 saturated heterocycles. The molecule has 1 spiro atoms. The summed E-state index contributed by atoms with van der Waals surface area (Å²) in [6.07, 6.45) is 4.65. The maximum absolute atomic E-state index is 6.48. The molecular formula is C16H22BrNO. The van der Waals surface area contributed by atoms with Crippen LogP contribution in [0.4, 0.5) is 0 Å². The Morgan fingerprint density at radius 1 is 1.37 bits per heavy atom. The van der Waals surface area contributed by atoms with Crippen molar-refractivity contribution in [3.8, 4) is 5.75 Å². The Bertz CT molecular complexity index is 490. The lowest BCUT2D eigenvalue weighted by Crippen LogP contribution is -2.51. The third kappa shape index (κ3) is 2.21. The first-order valence-electron chi connectivity index (χ1n) is 7.26. The van der Waals surface area contributed by atoms with Crippen molar-refractivity contribution in [2.24, 2.45) is 17.6 Å². The number of hydrogen-bond acceptors (Lipinski definition) is 2. The predicted octanol–water partition coefficient (Wildman–Crippen LogP) is 4.43. The summed E-state index contributed by atoms with van der Waals surface area (Å²) < 4.78 is 7.55. The molecule has 0 radical (unpaired) electrons. The Labute approximate surface area is 123 Å². The Kier molecular flexibility index (Phi) is 3.38. The zero-order valence-electron chi connectivity index (χ0n) is 11.7. The van der Waals surface area contributed by atoms with E-state index in [1.165, 1.54) is 12.8 Å². The number of nitrogens with two attached hydrogens (primary N) is 1. The van der Waals surface area contributed by atoms with Gasteiger partial charge in [0.15, 0.2) is 0 Å². The summed E-state index contributed by atoms with van der Waals surface area (Å²) >= 11 is 3.53. The second-order valence-corrected chi connectivity index (χ2v) is 7.23. The van der Waals surface area contributed by atoms with Gasteiger partial charge in [0.05, 0.1) is 0 Å². The maximum Gasteiger partial charge on any atom is 0.126 e. The second kappa shape index (κ2) is 4.78. The van der Waals surface area contributed by atoms with E-state index in [-0.39, 0.29) is 11.6 Å². The molecule has 19 heavy (non-hydrogen) atoms. The van der Waals surface area contributed by atoms with Crippen LogP contribution in [-0.2, 0) is 0 Å². The minimum Gasteiger partial charge on any atom is -0.487 e. The van der Waals surface area contributed by atoms with Gasteiger partial charge in [0.25, 0.3) is 0 Å². The van der Waals surface area contributed by atoms with Gasteiger partial charge in [-0.3, -0.25) is 0 Å². The average molecular weight is 324 g/mol. The summed E-state index contributed by atoms with van der Waals surface area (Å²) in [4.78, 5) is 0. The number of hydrogen-bond donors (Lipinski definition) is 1. The topological polar surface area (TPSA) is 35.2 Å². The number of benzene rings is 1. The lowest BCUT2D eigenvalue weighted by Gasteiger charge is -2.49. The first-order valence-corrected chi connectivity index (χ1v) is 8.05. The maximum atomic E-state index is 6.48. The Hall–Kier alpha value is -0.540. The Balaban J connectivity index is 1.99. The molecular weight excluding hydrogens is 302 g/mol. The molecule has 104 valence electrons. The van der Waals surface area contributed by atoms with E-state index in [1.54, 1.807) is 0 Å². The van der Waals surface area contributed by atoms with Crippen molar-refractivity contribution in [2.45, 2.75) is 51.2 Å². The highest BCUT2D eigenvalue weighted by Crippen LogP contribution is 2.49. The Morgan fingerprint density at radius 3 is 2.95 bits per heavy atom. The van der Waals surface area contributed by atoms with Crippen molar-refractivity contribution >= 4 is 15.9 Å². The van der Waals surface area contributed by atoms with Gasteiger partial charge in [0.2, 0.25) is 0 Å². The van der Waals surface area contributed by atoms with E-state index in [0.717, 1.165) is 34.5 Å². The van der Waals surface area contributed by atoms with Gasteiger partial charge in [-0.15, -0.1) is 0 Å². The predicted molar refractivity (Wildman–Crippen MR) is 81.2 cm³/mol. The molecule has 2 aliphatic rings. The van der Waals surface area contributed by atoms with Crippen LogP contribution in [0.15, 0.2) is 22.7 Å². The molecule has 1 aliphatic carbocycles. The fourth-order valence-electron chi connectivity index (χ4n) is 3.80. The van der Waals surface area contributed by atoms with Gasteiger partial charge in [-0.25, -0.2) is 0 Å². The van der Waals surface area contributed by atoms with Crippen molar-refractivity contribution in [2.75, 3.05) is 0 Å². The lowest BCUT2D eigenvalue weighted by atomic mass is 9.66. The van der Waals surface area contributed by atoms with Crippen LogP contribution in [0.3, 0.4) is 0 Å². The molecule has 2 nitrogen and oxygen atoms in total. The number of fused-ring (bicyclic) bond motifs is 1. The molecule has 1 fully saturated rings. The summed E-state index contributed by atoms with van der Waals surface area (Å²) in [6.45, 7) is 4.68. The van der Waals surface area contributed by atoms with E-state index in [0.29, 0.717) is 5.92 Å². The molecule has 3 rings (SSSR count). The first kappa shape index (κ1) is 13.4. The van der Waals surface area contributed by atoms with Gasteiger partial charge in [-0.1, -0.05) is 42.3 Å². The van der Waals surface area contributed by atoms with Crippen LogP contribution in [0.25, 0.3) is 0 Å². The highest BCUT2D eigenvalue weighted by atomic mass is 79.9. The summed E-state index contributed by atoms with van der Waals surface area (Å²) in [5.41, 5.74) is 7.52. The van der Waals surface area contributed by atoms with E-state index in [2.05, 4.69) is 41.9 Å². The van der Waals surface area contributed by atoms with Crippen molar-refractivity contribution in [3.05, 3.63) is 28.2 Å². The van der Waals surface area contributed by atoms with Crippen LogP contribution in [0.2, 0.25) is 0 Å². The second-order valence-electron chi connectivity index (χ2n) is 6.32. The highest BCUT2D eigenvalue weighted by molar-refractivity contribution is 9.10. The molecule has 3 heteroatoms. The van der Waals surface area contributed by atoms with Crippen LogP contribution in [0.1, 0.15) is 51.1 Å². The number of ether oxygens (including phenoxy) is 1. The van der Waals surface area contributed by atoms with Crippen molar-refractivity contribution < 1.29 is 4.74 Å². The summed E-state index contributed by atoms with van der Waals surface area (Å²) in [5, 5.41) is 0. The summed E-state index contributed by atoms with van der Waals surface area (Å²) in [5.74, 6) is 2.27. The molecule has 1 aliphatic heterocycles. The van der Waals surface area contributed by atoms with Crippen LogP contribution in [-0.4, -0.2) is 5.60 Å². The van der Waals surface area contributed by atoms with Crippen LogP contribution in [0, 0.1) is 11.8 Å². The fourth-order valence-corrected chi connectivity index (χ4v) is 4.14. The molecule has 0 amide bonds. The van der Waals surface area contributed by atoms with E-state index in [9.17, 15) is 0 Å². The molecule has 1 saturated carbocycles. The van der Waals surface area contributed by atoms with Gasteiger partial charge in [-0.05, 0) is 36.8 Å². The van der Waals surface area contributed by atoms with Gasteiger partial charge in [-0.2, -0.15) is 0 Å². The zero-order chi connectivity index (χ0) is 13.6.